The molecule has 0 aliphatic heterocycles. The van der Waals surface area contributed by atoms with Crippen LogP contribution in [0.1, 0.15) is 27.0 Å². The summed E-state index contributed by atoms with van der Waals surface area (Å²) in [4.78, 5) is 16.2. The van der Waals surface area contributed by atoms with Crippen LogP contribution < -0.4 is 10.0 Å². The molecule has 7 heteroatoms. The number of nitrogens with one attached hydrogen (secondary N) is 2. The zero-order valence-corrected chi connectivity index (χ0v) is 16.7. The number of nitrogens with zero attached hydrogens (tertiary/aromatic N) is 1. The highest BCUT2D eigenvalue weighted by Crippen LogP contribution is 2.25. The summed E-state index contributed by atoms with van der Waals surface area (Å²) in [6.45, 7) is 5.71. The lowest BCUT2D eigenvalue weighted by atomic mass is 10.1. The molecule has 0 spiro atoms. The lowest BCUT2D eigenvalue weighted by molar-refractivity contribution is 0.102. The third kappa shape index (κ3) is 4.37. The highest BCUT2D eigenvalue weighted by Gasteiger charge is 2.17. The van der Waals surface area contributed by atoms with E-state index in [2.05, 4.69) is 15.0 Å². The van der Waals surface area contributed by atoms with Gasteiger partial charge in [0, 0.05) is 18.1 Å². The van der Waals surface area contributed by atoms with Crippen molar-refractivity contribution in [3.8, 4) is 0 Å². The molecule has 0 saturated carbocycles. The van der Waals surface area contributed by atoms with Crippen molar-refractivity contribution < 1.29 is 13.2 Å². The molecule has 0 radical (unpaired) electrons. The summed E-state index contributed by atoms with van der Waals surface area (Å²) in [7, 11) is -3.74. The normalized spacial score (nSPS) is 11.1. The van der Waals surface area contributed by atoms with E-state index in [1.54, 1.807) is 30.5 Å². The summed E-state index contributed by atoms with van der Waals surface area (Å²) in [5, 5.41) is 2.72. The van der Waals surface area contributed by atoms with Crippen LogP contribution in [0.3, 0.4) is 0 Å². The van der Waals surface area contributed by atoms with Gasteiger partial charge in [-0.2, -0.15) is 0 Å². The Morgan fingerprint density at radius 3 is 2.18 bits per heavy atom. The van der Waals surface area contributed by atoms with E-state index in [1.807, 2.05) is 32.9 Å². The monoisotopic (exact) mass is 395 g/mol. The van der Waals surface area contributed by atoms with Crippen LogP contribution in [0.25, 0.3) is 0 Å². The minimum Gasteiger partial charge on any atom is -0.322 e. The fourth-order valence-electron chi connectivity index (χ4n) is 2.95. The number of hydrogen-bond donors (Lipinski definition) is 2. The van der Waals surface area contributed by atoms with Crippen LogP contribution in [0, 0.1) is 20.8 Å². The zero-order chi connectivity index (χ0) is 20.3. The number of aromatic nitrogens is 1. The van der Waals surface area contributed by atoms with Crippen LogP contribution >= 0.6 is 0 Å². The minimum absolute atomic E-state index is 0.117. The molecule has 144 valence electrons. The third-order valence-electron chi connectivity index (χ3n) is 4.26. The second-order valence-electron chi connectivity index (χ2n) is 6.60. The molecule has 2 N–H and O–H groups in total. The minimum atomic E-state index is -3.74. The van der Waals surface area contributed by atoms with E-state index < -0.39 is 10.0 Å². The van der Waals surface area contributed by atoms with Crippen LogP contribution in [-0.2, 0) is 10.0 Å². The Labute approximate surface area is 164 Å². The van der Waals surface area contributed by atoms with Crippen molar-refractivity contribution in [2.24, 2.45) is 0 Å². The van der Waals surface area contributed by atoms with E-state index >= 15 is 0 Å². The maximum absolute atomic E-state index is 12.7. The number of amides is 1. The number of aryl methyl sites for hydroxylation is 3. The van der Waals surface area contributed by atoms with Gasteiger partial charge in [0.05, 0.1) is 16.1 Å². The Morgan fingerprint density at radius 1 is 0.964 bits per heavy atom. The molecule has 0 saturated heterocycles. The summed E-state index contributed by atoms with van der Waals surface area (Å²) in [5.41, 5.74) is 4.30. The van der Waals surface area contributed by atoms with Crippen LogP contribution in [0.4, 0.5) is 11.4 Å². The molecule has 6 nitrogen and oxygen atoms in total. The van der Waals surface area contributed by atoms with Gasteiger partial charge in [-0.05, 0) is 68.3 Å². The molecule has 28 heavy (non-hydrogen) atoms. The molecular weight excluding hydrogens is 374 g/mol. The number of pyridine rings is 1. The van der Waals surface area contributed by atoms with Crippen molar-refractivity contribution in [2.45, 2.75) is 25.7 Å². The number of carbonyl (C=O) groups is 1. The molecule has 2 aromatic carbocycles. The van der Waals surface area contributed by atoms with E-state index in [0.29, 0.717) is 16.9 Å². The molecule has 1 heterocycles. The molecule has 0 bridgehead atoms. The first kappa shape index (κ1) is 19.6. The first-order chi connectivity index (χ1) is 13.3. The molecule has 3 rings (SSSR count). The van der Waals surface area contributed by atoms with Crippen LogP contribution in [0.2, 0.25) is 0 Å². The van der Waals surface area contributed by atoms with Crippen molar-refractivity contribution in [3.05, 3.63) is 83.2 Å². The van der Waals surface area contributed by atoms with Crippen molar-refractivity contribution in [1.29, 1.82) is 0 Å². The highest BCUT2D eigenvalue weighted by molar-refractivity contribution is 7.92. The molecule has 0 atom stereocenters. The molecule has 0 aliphatic rings. The van der Waals surface area contributed by atoms with Crippen molar-refractivity contribution >= 4 is 27.3 Å². The van der Waals surface area contributed by atoms with Crippen LogP contribution in [0.15, 0.2) is 65.8 Å². The second-order valence-corrected chi connectivity index (χ2v) is 8.28. The summed E-state index contributed by atoms with van der Waals surface area (Å²) in [5.74, 6) is -0.312. The van der Waals surface area contributed by atoms with E-state index in [-0.39, 0.29) is 10.8 Å². The number of hydrogen-bond acceptors (Lipinski definition) is 4. The average Bonchev–Trinajstić information content (AvgIpc) is 2.66. The molecule has 1 aromatic heterocycles. The fraction of sp³-hybridized carbons (Fsp3) is 0.143. The van der Waals surface area contributed by atoms with E-state index in [4.69, 9.17) is 0 Å². The molecular formula is C21H21N3O3S. The van der Waals surface area contributed by atoms with Crippen molar-refractivity contribution in [2.75, 3.05) is 10.0 Å². The van der Waals surface area contributed by atoms with Gasteiger partial charge in [0.15, 0.2) is 0 Å². The largest absolute Gasteiger partial charge is 0.322 e. The Balaban J connectivity index is 1.78. The predicted molar refractivity (Wildman–Crippen MR) is 110 cm³/mol. The summed E-state index contributed by atoms with van der Waals surface area (Å²) in [6, 6.07) is 13.2. The SMILES string of the molecule is Cc1cc(C)c(NS(=O)(=O)c2ccc(NC(=O)c3cccnc3)cc2)c(C)c1. The summed E-state index contributed by atoms with van der Waals surface area (Å²) < 4.78 is 28.1. The lowest BCUT2D eigenvalue weighted by Crippen LogP contribution is -2.15. The zero-order valence-electron chi connectivity index (χ0n) is 15.9. The third-order valence-corrected chi connectivity index (χ3v) is 5.63. The van der Waals surface area contributed by atoms with Gasteiger partial charge < -0.3 is 5.32 Å². The smallest absolute Gasteiger partial charge is 0.261 e. The van der Waals surface area contributed by atoms with Gasteiger partial charge in [-0.25, -0.2) is 8.42 Å². The maximum Gasteiger partial charge on any atom is 0.261 e. The number of rotatable bonds is 5. The fourth-order valence-corrected chi connectivity index (χ4v) is 4.15. The quantitative estimate of drug-likeness (QED) is 0.682. The average molecular weight is 395 g/mol. The Kier molecular flexibility index (Phi) is 5.46. The van der Waals surface area contributed by atoms with Gasteiger partial charge in [-0.3, -0.25) is 14.5 Å². The number of sulfonamides is 1. The van der Waals surface area contributed by atoms with Crippen LogP contribution in [0.5, 0.6) is 0 Å². The second kappa shape index (κ2) is 7.82. The molecule has 0 fully saturated rings. The summed E-state index contributed by atoms with van der Waals surface area (Å²) >= 11 is 0. The Morgan fingerprint density at radius 2 is 1.61 bits per heavy atom. The molecule has 3 aromatic rings. The standard InChI is InChI=1S/C21H21N3O3S/c1-14-11-15(2)20(16(3)12-14)24-28(26,27)19-8-6-18(7-9-19)23-21(25)17-5-4-10-22-13-17/h4-13,24H,1-3H3,(H,23,25). The summed E-state index contributed by atoms with van der Waals surface area (Å²) in [6.07, 6.45) is 3.05. The number of carbonyl (C=O) groups excluding carboxylic acids is 1. The predicted octanol–water partition coefficient (Wildman–Crippen LogP) is 4.06. The molecule has 0 unspecified atom stereocenters. The van der Waals surface area contributed by atoms with Gasteiger partial charge in [0.1, 0.15) is 0 Å². The Bertz CT molecular complexity index is 1090. The van der Waals surface area contributed by atoms with E-state index in [9.17, 15) is 13.2 Å². The topological polar surface area (TPSA) is 88.2 Å². The molecule has 1 amide bonds. The first-order valence-corrected chi connectivity index (χ1v) is 10.2. The first-order valence-electron chi connectivity index (χ1n) is 8.68. The van der Waals surface area contributed by atoms with Gasteiger partial charge >= 0.3 is 0 Å². The maximum atomic E-state index is 12.7. The van der Waals surface area contributed by atoms with Gasteiger partial charge in [0.2, 0.25) is 0 Å². The Hall–Kier alpha value is -3.19. The van der Waals surface area contributed by atoms with Gasteiger partial charge in [0.25, 0.3) is 15.9 Å². The number of benzene rings is 2. The molecule has 0 aliphatic carbocycles. The van der Waals surface area contributed by atoms with Crippen molar-refractivity contribution in [1.82, 2.24) is 4.98 Å². The van der Waals surface area contributed by atoms with Crippen LogP contribution in [-0.4, -0.2) is 19.3 Å². The van der Waals surface area contributed by atoms with E-state index in [1.165, 1.54) is 18.3 Å². The van der Waals surface area contributed by atoms with Gasteiger partial charge in [-0.1, -0.05) is 17.7 Å². The lowest BCUT2D eigenvalue weighted by Gasteiger charge is -2.14. The van der Waals surface area contributed by atoms with Crippen molar-refractivity contribution in [3.63, 3.8) is 0 Å². The van der Waals surface area contributed by atoms with E-state index in [0.717, 1.165) is 16.7 Å². The highest BCUT2D eigenvalue weighted by atomic mass is 32.2. The van der Waals surface area contributed by atoms with Gasteiger partial charge in [-0.15, -0.1) is 0 Å². The number of anilines is 2.